The predicted octanol–water partition coefficient (Wildman–Crippen LogP) is 0.812. The van der Waals surface area contributed by atoms with E-state index >= 15 is 0 Å². The zero-order chi connectivity index (χ0) is 9.15. The van der Waals surface area contributed by atoms with Crippen LogP contribution in [-0.4, -0.2) is 38.1 Å². The molecule has 2 aliphatic heterocycles. The lowest BCUT2D eigenvalue weighted by Crippen LogP contribution is -2.40. The summed E-state index contributed by atoms with van der Waals surface area (Å²) in [7, 11) is 0. The fourth-order valence-electron chi connectivity index (χ4n) is 2.25. The highest BCUT2D eigenvalue weighted by Crippen LogP contribution is 2.38. The van der Waals surface area contributed by atoms with Gasteiger partial charge in [0.2, 0.25) is 0 Å². The molecule has 0 unspecified atom stereocenters. The minimum absolute atomic E-state index is 0.146. The van der Waals surface area contributed by atoms with E-state index in [1.54, 1.807) is 0 Å². The predicted molar refractivity (Wildman–Crippen MR) is 48.5 cm³/mol. The van der Waals surface area contributed by atoms with Crippen LogP contribution in [0.15, 0.2) is 0 Å². The van der Waals surface area contributed by atoms with E-state index in [4.69, 9.17) is 9.47 Å². The molecule has 76 valence electrons. The molecular weight excluding hydrogens is 168 g/mol. The lowest BCUT2D eigenvalue weighted by Gasteiger charge is -2.40. The highest BCUT2D eigenvalue weighted by atomic mass is 16.5. The lowest BCUT2D eigenvalue weighted by atomic mass is 9.73. The highest BCUT2D eigenvalue weighted by molar-refractivity contribution is 4.85. The Labute approximate surface area is 79.0 Å². The van der Waals surface area contributed by atoms with Crippen LogP contribution in [0.5, 0.6) is 0 Å². The van der Waals surface area contributed by atoms with Crippen molar-refractivity contribution in [2.24, 2.45) is 11.3 Å². The standard InChI is InChI=1S/C10H18O3/c11-8-10(1-3-12-4-2-10)5-9-6-13-7-9/h9,11H,1-8H2. The fraction of sp³-hybridized carbons (Fsp3) is 1.00. The topological polar surface area (TPSA) is 38.7 Å². The smallest absolute Gasteiger partial charge is 0.0516 e. The first-order chi connectivity index (χ1) is 6.35. The minimum Gasteiger partial charge on any atom is -0.396 e. The Kier molecular flexibility index (Phi) is 2.86. The van der Waals surface area contributed by atoms with Crippen LogP contribution in [0.25, 0.3) is 0 Å². The highest BCUT2D eigenvalue weighted by Gasteiger charge is 2.36. The number of aliphatic hydroxyl groups is 1. The maximum absolute atomic E-state index is 9.41. The van der Waals surface area contributed by atoms with Crippen molar-refractivity contribution in [3.8, 4) is 0 Å². The first-order valence-electron chi connectivity index (χ1n) is 5.11. The molecule has 0 saturated carbocycles. The molecule has 0 aliphatic carbocycles. The second-order valence-electron chi connectivity index (χ2n) is 4.38. The van der Waals surface area contributed by atoms with Crippen molar-refractivity contribution in [2.45, 2.75) is 19.3 Å². The molecule has 2 heterocycles. The summed E-state index contributed by atoms with van der Waals surface area (Å²) in [4.78, 5) is 0. The lowest BCUT2D eigenvalue weighted by molar-refractivity contribution is -0.0875. The molecule has 2 fully saturated rings. The average Bonchev–Trinajstić information content (AvgIpc) is 2.13. The van der Waals surface area contributed by atoms with Gasteiger partial charge in [0.15, 0.2) is 0 Å². The van der Waals surface area contributed by atoms with Crippen molar-refractivity contribution in [3.63, 3.8) is 0 Å². The number of rotatable bonds is 3. The van der Waals surface area contributed by atoms with Gasteiger partial charge in [0.1, 0.15) is 0 Å². The van der Waals surface area contributed by atoms with Gasteiger partial charge in [-0.25, -0.2) is 0 Å². The largest absolute Gasteiger partial charge is 0.396 e. The first kappa shape index (κ1) is 9.44. The normalized spacial score (nSPS) is 28.4. The van der Waals surface area contributed by atoms with E-state index in [0.717, 1.165) is 45.7 Å². The van der Waals surface area contributed by atoms with E-state index in [0.29, 0.717) is 12.5 Å². The van der Waals surface area contributed by atoms with E-state index < -0.39 is 0 Å². The van der Waals surface area contributed by atoms with E-state index in [-0.39, 0.29) is 5.41 Å². The molecule has 2 aliphatic rings. The van der Waals surface area contributed by atoms with Crippen LogP contribution in [0.3, 0.4) is 0 Å². The van der Waals surface area contributed by atoms with Gasteiger partial charge in [0.05, 0.1) is 13.2 Å². The summed E-state index contributed by atoms with van der Waals surface area (Å²) in [5, 5.41) is 9.41. The summed E-state index contributed by atoms with van der Waals surface area (Å²) in [6.07, 6.45) is 3.15. The maximum atomic E-state index is 9.41. The molecule has 0 atom stereocenters. The van der Waals surface area contributed by atoms with Crippen molar-refractivity contribution >= 4 is 0 Å². The van der Waals surface area contributed by atoms with Gasteiger partial charge in [-0.2, -0.15) is 0 Å². The molecule has 0 spiro atoms. The molecule has 0 amide bonds. The van der Waals surface area contributed by atoms with Gasteiger partial charge >= 0.3 is 0 Å². The second kappa shape index (κ2) is 3.95. The van der Waals surface area contributed by atoms with Gasteiger partial charge < -0.3 is 14.6 Å². The van der Waals surface area contributed by atoms with Crippen LogP contribution >= 0.6 is 0 Å². The molecule has 0 aromatic rings. The summed E-state index contributed by atoms with van der Waals surface area (Å²) in [5.41, 5.74) is 0.146. The second-order valence-corrected chi connectivity index (χ2v) is 4.38. The van der Waals surface area contributed by atoms with Gasteiger partial charge in [0.25, 0.3) is 0 Å². The Hall–Kier alpha value is -0.120. The molecule has 0 aromatic heterocycles. The molecule has 2 rings (SSSR count). The van der Waals surface area contributed by atoms with Gasteiger partial charge in [-0.3, -0.25) is 0 Å². The SMILES string of the molecule is OCC1(CC2COC2)CCOCC1. The Morgan fingerprint density at radius 2 is 1.85 bits per heavy atom. The van der Waals surface area contributed by atoms with Gasteiger partial charge in [-0.15, -0.1) is 0 Å². The van der Waals surface area contributed by atoms with Crippen molar-refractivity contribution in [2.75, 3.05) is 33.0 Å². The molecule has 13 heavy (non-hydrogen) atoms. The zero-order valence-electron chi connectivity index (χ0n) is 8.00. The third-order valence-corrected chi connectivity index (χ3v) is 3.32. The summed E-state index contributed by atoms with van der Waals surface area (Å²) < 4.78 is 10.5. The maximum Gasteiger partial charge on any atom is 0.0516 e. The average molecular weight is 186 g/mol. The van der Waals surface area contributed by atoms with Crippen molar-refractivity contribution < 1.29 is 14.6 Å². The molecule has 0 radical (unpaired) electrons. The van der Waals surface area contributed by atoms with E-state index in [9.17, 15) is 5.11 Å². The molecule has 3 nitrogen and oxygen atoms in total. The Morgan fingerprint density at radius 3 is 2.31 bits per heavy atom. The minimum atomic E-state index is 0.146. The third-order valence-electron chi connectivity index (χ3n) is 3.32. The van der Waals surface area contributed by atoms with Crippen molar-refractivity contribution in [3.05, 3.63) is 0 Å². The summed E-state index contributed by atoms with van der Waals surface area (Å²) in [6, 6.07) is 0. The molecule has 3 heteroatoms. The number of aliphatic hydroxyl groups excluding tert-OH is 1. The van der Waals surface area contributed by atoms with Crippen LogP contribution in [0.4, 0.5) is 0 Å². The molecule has 0 bridgehead atoms. The summed E-state index contributed by atoms with van der Waals surface area (Å²) in [6.45, 7) is 3.72. The van der Waals surface area contributed by atoms with Crippen LogP contribution in [-0.2, 0) is 9.47 Å². The first-order valence-corrected chi connectivity index (χ1v) is 5.11. The summed E-state index contributed by atoms with van der Waals surface area (Å²) >= 11 is 0. The number of ether oxygens (including phenoxy) is 2. The van der Waals surface area contributed by atoms with Crippen molar-refractivity contribution in [1.29, 1.82) is 0 Å². The number of hydrogen-bond donors (Lipinski definition) is 1. The summed E-state index contributed by atoms with van der Waals surface area (Å²) in [5.74, 6) is 0.685. The number of hydrogen-bond acceptors (Lipinski definition) is 3. The Balaban J connectivity index is 1.88. The van der Waals surface area contributed by atoms with Crippen LogP contribution in [0.2, 0.25) is 0 Å². The van der Waals surface area contributed by atoms with Crippen molar-refractivity contribution in [1.82, 2.24) is 0 Å². The molecular formula is C10H18O3. The quantitative estimate of drug-likeness (QED) is 0.709. The van der Waals surface area contributed by atoms with Gasteiger partial charge in [-0.1, -0.05) is 0 Å². The zero-order valence-corrected chi connectivity index (χ0v) is 8.00. The third kappa shape index (κ3) is 2.03. The van der Waals surface area contributed by atoms with Gasteiger partial charge in [0, 0.05) is 25.7 Å². The van der Waals surface area contributed by atoms with Crippen LogP contribution in [0, 0.1) is 11.3 Å². The Bertz CT molecular complexity index is 160. The van der Waals surface area contributed by atoms with Crippen LogP contribution in [0.1, 0.15) is 19.3 Å². The van der Waals surface area contributed by atoms with E-state index in [1.165, 1.54) is 0 Å². The molecule has 2 saturated heterocycles. The fourth-order valence-corrected chi connectivity index (χ4v) is 2.25. The van der Waals surface area contributed by atoms with Crippen LogP contribution < -0.4 is 0 Å². The Morgan fingerprint density at radius 1 is 1.15 bits per heavy atom. The monoisotopic (exact) mass is 186 g/mol. The van der Waals surface area contributed by atoms with E-state index in [2.05, 4.69) is 0 Å². The molecule has 1 N–H and O–H groups in total. The van der Waals surface area contributed by atoms with Gasteiger partial charge in [-0.05, 0) is 24.7 Å². The van der Waals surface area contributed by atoms with E-state index in [1.807, 2.05) is 0 Å². The molecule has 0 aromatic carbocycles.